The lowest BCUT2D eigenvalue weighted by atomic mass is 9.78. The summed E-state index contributed by atoms with van der Waals surface area (Å²) in [6, 6.07) is 0. The molecule has 0 amide bonds. The van der Waals surface area contributed by atoms with Crippen molar-refractivity contribution in [2.75, 3.05) is 0 Å². The molecule has 1 aliphatic heterocycles. The zero-order valence-corrected chi connectivity index (χ0v) is 12.3. The molecule has 4 atom stereocenters. The van der Waals surface area contributed by atoms with Crippen molar-refractivity contribution in [3.63, 3.8) is 0 Å². The Labute approximate surface area is 115 Å². The second kappa shape index (κ2) is 5.10. The van der Waals surface area contributed by atoms with Crippen molar-refractivity contribution in [3.8, 4) is 0 Å². The van der Waals surface area contributed by atoms with Crippen molar-refractivity contribution in [2.45, 2.75) is 52.6 Å². The number of aldehydes is 1. The maximum absolute atomic E-state index is 12.3. The molecule has 3 nitrogen and oxygen atoms in total. The highest BCUT2D eigenvalue weighted by Crippen LogP contribution is 2.47. The zero-order valence-electron chi connectivity index (χ0n) is 12.3. The van der Waals surface area contributed by atoms with Crippen LogP contribution in [0, 0.1) is 23.7 Å². The summed E-state index contributed by atoms with van der Waals surface area (Å²) in [5.41, 5.74) is -0.819. The van der Waals surface area contributed by atoms with Crippen LogP contribution in [-0.2, 0) is 14.3 Å². The van der Waals surface area contributed by atoms with Crippen LogP contribution < -0.4 is 0 Å². The molecule has 0 aromatic rings. The summed E-state index contributed by atoms with van der Waals surface area (Å²) in [6.07, 6.45) is 5.35. The van der Waals surface area contributed by atoms with Crippen molar-refractivity contribution in [1.82, 2.24) is 0 Å². The van der Waals surface area contributed by atoms with E-state index in [4.69, 9.17) is 4.74 Å². The molecule has 0 N–H and O–H groups in total. The molecule has 106 valence electrons. The maximum atomic E-state index is 12.3. The van der Waals surface area contributed by atoms with Crippen LogP contribution in [0.2, 0.25) is 0 Å². The van der Waals surface area contributed by atoms with Gasteiger partial charge in [-0.3, -0.25) is 4.79 Å². The van der Waals surface area contributed by atoms with Gasteiger partial charge in [-0.25, -0.2) is 0 Å². The SMILES string of the molecule is CC(C)CC1=CC(=O)C(C)(C2CCC(C)C2C=O)O1. The number of hydrogen-bond acceptors (Lipinski definition) is 3. The molecule has 3 heteroatoms. The Bertz CT molecular complexity index is 410. The average Bonchev–Trinajstić information content (AvgIpc) is 2.80. The van der Waals surface area contributed by atoms with E-state index in [9.17, 15) is 9.59 Å². The molecule has 1 aliphatic carbocycles. The molecular weight excluding hydrogens is 240 g/mol. The molecular formula is C16H24O3. The van der Waals surface area contributed by atoms with Crippen LogP contribution in [-0.4, -0.2) is 17.7 Å². The number of carbonyl (C=O) groups is 2. The van der Waals surface area contributed by atoms with Gasteiger partial charge in [-0.1, -0.05) is 20.8 Å². The minimum Gasteiger partial charge on any atom is -0.483 e. The topological polar surface area (TPSA) is 43.4 Å². The van der Waals surface area contributed by atoms with Crippen molar-refractivity contribution in [2.24, 2.45) is 23.7 Å². The number of carbonyl (C=O) groups excluding carboxylic acids is 2. The average molecular weight is 264 g/mol. The highest BCUT2D eigenvalue weighted by atomic mass is 16.5. The molecule has 0 aromatic carbocycles. The lowest BCUT2D eigenvalue weighted by Crippen LogP contribution is -2.44. The van der Waals surface area contributed by atoms with Crippen LogP contribution in [0.3, 0.4) is 0 Å². The quantitative estimate of drug-likeness (QED) is 0.733. The van der Waals surface area contributed by atoms with Gasteiger partial charge in [0.05, 0.1) is 0 Å². The molecule has 0 saturated heterocycles. The smallest absolute Gasteiger partial charge is 0.202 e. The normalized spacial score (nSPS) is 38.5. The summed E-state index contributed by atoms with van der Waals surface area (Å²) in [7, 11) is 0. The van der Waals surface area contributed by atoms with E-state index < -0.39 is 5.60 Å². The summed E-state index contributed by atoms with van der Waals surface area (Å²) in [6.45, 7) is 8.16. The summed E-state index contributed by atoms with van der Waals surface area (Å²) in [5, 5.41) is 0. The van der Waals surface area contributed by atoms with Gasteiger partial charge in [-0.15, -0.1) is 0 Å². The number of rotatable bonds is 4. The summed E-state index contributed by atoms with van der Waals surface area (Å²) in [4.78, 5) is 23.6. The standard InChI is InChI=1S/C16H24O3/c1-10(2)7-12-8-15(18)16(4,19-12)14-6-5-11(3)13(14)9-17/h8-11,13-14H,5-7H2,1-4H3. The van der Waals surface area contributed by atoms with E-state index >= 15 is 0 Å². The molecule has 0 aromatic heterocycles. The third-order valence-electron chi connectivity index (χ3n) is 4.65. The lowest BCUT2D eigenvalue weighted by molar-refractivity contribution is -0.137. The molecule has 1 heterocycles. The van der Waals surface area contributed by atoms with Crippen LogP contribution in [0.1, 0.15) is 47.0 Å². The predicted molar refractivity (Wildman–Crippen MR) is 73.5 cm³/mol. The minimum atomic E-state index is -0.819. The first-order valence-corrected chi connectivity index (χ1v) is 7.27. The van der Waals surface area contributed by atoms with E-state index in [0.29, 0.717) is 11.8 Å². The molecule has 2 aliphatic rings. The Hall–Kier alpha value is -1.12. The molecule has 0 radical (unpaired) electrons. The van der Waals surface area contributed by atoms with Gasteiger partial charge in [0.1, 0.15) is 12.0 Å². The molecule has 1 saturated carbocycles. The molecule has 4 unspecified atom stereocenters. The van der Waals surface area contributed by atoms with Gasteiger partial charge in [0.25, 0.3) is 0 Å². The van der Waals surface area contributed by atoms with Crippen molar-refractivity contribution < 1.29 is 14.3 Å². The molecule has 0 spiro atoms. The van der Waals surface area contributed by atoms with E-state index in [1.54, 1.807) is 6.08 Å². The Kier molecular flexibility index (Phi) is 3.84. The summed E-state index contributed by atoms with van der Waals surface area (Å²) >= 11 is 0. The fourth-order valence-electron chi connectivity index (χ4n) is 3.50. The zero-order chi connectivity index (χ0) is 14.2. The molecule has 19 heavy (non-hydrogen) atoms. The Morgan fingerprint density at radius 3 is 2.74 bits per heavy atom. The van der Waals surface area contributed by atoms with Crippen LogP contribution >= 0.6 is 0 Å². The van der Waals surface area contributed by atoms with Crippen LogP contribution in [0.5, 0.6) is 0 Å². The summed E-state index contributed by atoms with van der Waals surface area (Å²) < 4.78 is 5.99. The first-order valence-electron chi connectivity index (χ1n) is 7.27. The fraction of sp³-hybridized carbons (Fsp3) is 0.750. The molecule has 0 bridgehead atoms. The second-order valence-electron chi connectivity index (χ2n) is 6.66. The number of ether oxygens (including phenoxy) is 1. The van der Waals surface area contributed by atoms with E-state index in [0.717, 1.165) is 31.3 Å². The third kappa shape index (κ3) is 2.47. The Balaban J connectivity index is 2.17. The van der Waals surface area contributed by atoms with E-state index in [2.05, 4.69) is 20.8 Å². The van der Waals surface area contributed by atoms with E-state index in [1.807, 2.05) is 6.92 Å². The second-order valence-corrected chi connectivity index (χ2v) is 6.66. The van der Waals surface area contributed by atoms with Crippen LogP contribution in [0.15, 0.2) is 11.8 Å². The first kappa shape index (κ1) is 14.3. The largest absolute Gasteiger partial charge is 0.483 e. The van der Waals surface area contributed by atoms with E-state index in [1.165, 1.54) is 0 Å². The number of ketones is 1. The number of hydrogen-bond donors (Lipinski definition) is 0. The minimum absolute atomic E-state index is 0.0217. The number of allylic oxidation sites excluding steroid dienone is 1. The van der Waals surface area contributed by atoms with Crippen molar-refractivity contribution >= 4 is 12.1 Å². The van der Waals surface area contributed by atoms with Gasteiger partial charge in [-0.2, -0.15) is 0 Å². The van der Waals surface area contributed by atoms with Crippen LogP contribution in [0.25, 0.3) is 0 Å². The molecule has 1 fully saturated rings. The Morgan fingerprint density at radius 2 is 2.16 bits per heavy atom. The molecule has 2 rings (SSSR count). The monoisotopic (exact) mass is 264 g/mol. The van der Waals surface area contributed by atoms with Crippen molar-refractivity contribution in [3.05, 3.63) is 11.8 Å². The Morgan fingerprint density at radius 1 is 1.47 bits per heavy atom. The first-order chi connectivity index (χ1) is 8.88. The highest BCUT2D eigenvalue weighted by molar-refractivity contribution is 5.99. The van der Waals surface area contributed by atoms with Gasteiger partial charge in [-0.05, 0) is 31.6 Å². The maximum Gasteiger partial charge on any atom is 0.202 e. The van der Waals surface area contributed by atoms with Gasteiger partial charge in [0, 0.05) is 24.3 Å². The van der Waals surface area contributed by atoms with Gasteiger partial charge < -0.3 is 9.53 Å². The van der Waals surface area contributed by atoms with Gasteiger partial charge >= 0.3 is 0 Å². The summed E-state index contributed by atoms with van der Waals surface area (Å²) in [5.74, 6) is 1.60. The van der Waals surface area contributed by atoms with Gasteiger partial charge in [0.15, 0.2) is 5.60 Å². The van der Waals surface area contributed by atoms with Gasteiger partial charge in [0.2, 0.25) is 5.78 Å². The van der Waals surface area contributed by atoms with Crippen LogP contribution in [0.4, 0.5) is 0 Å². The van der Waals surface area contributed by atoms with E-state index in [-0.39, 0.29) is 17.6 Å². The lowest BCUT2D eigenvalue weighted by Gasteiger charge is -2.33. The predicted octanol–water partition coefficient (Wildman–Crippen LogP) is 3.14. The van der Waals surface area contributed by atoms with Crippen molar-refractivity contribution in [1.29, 1.82) is 0 Å². The highest BCUT2D eigenvalue weighted by Gasteiger charge is 2.52. The fourth-order valence-corrected chi connectivity index (χ4v) is 3.50. The third-order valence-corrected chi connectivity index (χ3v) is 4.65.